The van der Waals surface area contributed by atoms with E-state index in [0.29, 0.717) is 0 Å². The molecular formula is C9H13ClN4. The average molecular weight is 213 g/mol. The van der Waals surface area contributed by atoms with Crippen molar-refractivity contribution in [2.45, 2.75) is 0 Å². The zero-order valence-corrected chi connectivity index (χ0v) is 8.94. The number of hydrogen-bond donors (Lipinski definition) is 1. The van der Waals surface area contributed by atoms with Crippen LogP contribution in [0.3, 0.4) is 0 Å². The molecule has 0 radical (unpaired) electrons. The second-order valence-corrected chi connectivity index (χ2v) is 3.04. The van der Waals surface area contributed by atoms with Crippen molar-refractivity contribution in [2.75, 3.05) is 14.1 Å². The molecule has 0 aromatic heterocycles. The minimum atomic E-state index is 0. The summed E-state index contributed by atoms with van der Waals surface area (Å²) in [6, 6.07) is 10.2. The predicted octanol–water partition coefficient (Wildman–Crippen LogP) is -3.38. The maximum atomic E-state index is 4.36. The molecule has 0 bridgehead atoms. The Hall–Kier alpha value is -1.10. The minimum absolute atomic E-state index is 0. The molecule has 1 aromatic rings. The molecular weight excluding hydrogens is 200 g/mol. The summed E-state index contributed by atoms with van der Waals surface area (Å²) in [6.45, 7) is 0. The lowest BCUT2D eigenvalue weighted by Crippen LogP contribution is -3.00. The van der Waals surface area contributed by atoms with Crippen molar-refractivity contribution in [3.63, 3.8) is 0 Å². The zero-order chi connectivity index (χ0) is 9.26. The fourth-order valence-electron chi connectivity index (χ4n) is 1.25. The Labute approximate surface area is 89.5 Å². The molecule has 1 aliphatic heterocycles. The van der Waals surface area contributed by atoms with E-state index in [2.05, 4.69) is 17.2 Å². The van der Waals surface area contributed by atoms with Gasteiger partial charge >= 0.3 is 0 Å². The third-order valence-corrected chi connectivity index (χ3v) is 2.09. The summed E-state index contributed by atoms with van der Waals surface area (Å²) in [4.78, 5) is 0. The van der Waals surface area contributed by atoms with Gasteiger partial charge in [-0.2, -0.15) is 10.5 Å². The normalized spacial score (nSPS) is 16.4. The predicted molar refractivity (Wildman–Crippen MR) is 50.4 cm³/mol. The van der Waals surface area contributed by atoms with Gasteiger partial charge in [0.05, 0.1) is 12.6 Å². The van der Waals surface area contributed by atoms with Crippen LogP contribution in [0.4, 0.5) is 0 Å². The van der Waals surface area contributed by atoms with E-state index >= 15 is 0 Å². The van der Waals surface area contributed by atoms with Gasteiger partial charge in [0.15, 0.2) is 0 Å². The standard InChI is InChI=1S/C9H12N4.ClH/c1-12-10-9(11-13(12)2)8-6-4-3-5-7-8;/h3-7H,1-2H3,(H,10,11);1H. The van der Waals surface area contributed by atoms with Crippen LogP contribution < -0.4 is 17.8 Å². The Morgan fingerprint density at radius 2 is 1.79 bits per heavy atom. The number of hydrogen-bond acceptors (Lipinski definition) is 3. The maximum absolute atomic E-state index is 4.36. The Balaban J connectivity index is 0.000000980. The quantitative estimate of drug-likeness (QED) is 0.494. The van der Waals surface area contributed by atoms with Gasteiger partial charge in [0.1, 0.15) is 0 Å². The summed E-state index contributed by atoms with van der Waals surface area (Å²) in [7, 11) is 3.89. The van der Waals surface area contributed by atoms with E-state index in [1.54, 1.807) is 0 Å². The fourth-order valence-corrected chi connectivity index (χ4v) is 1.25. The molecule has 14 heavy (non-hydrogen) atoms. The van der Waals surface area contributed by atoms with Crippen molar-refractivity contribution in [1.82, 2.24) is 10.2 Å². The lowest BCUT2D eigenvalue weighted by molar-refractivity contribution is -0.729. The molecule has 0 amide bonds. The largest absolute Gasteiger partial charge is 1.00 e. The SMILES string of the molecule is CN1N=C(c2ccccc2)[NH2+]N1C.[Cl-]. The van der Waals surface area contributed by atoms with Gasteiger partial charge in [0, 0.05) is 7.05 Å². The molecule has 1 heterocycles. The van der Waals surface area contributed by atoms with Crippen LogP contribution >= 0.6 is 0 Å². The first-order valence-electron chi connectivity index (χ1n) is 4.23. The molecule has 2 rings (SSSR count). The summed E-state index contributed by atoms with van der Waals surface area (Å²) in [6.07, 6.45) is 0. The summed E-state index contributed by atoms with van der Waals surface area (Å²) in [5.74, 6) is 1.01. The smallest absolute Gasteiger partial charge is 0.271 e. The van der Waals surface area contributed by atoms with Crippen LogP contribution in [0.2, 0.25) is 0 Å². The van der Waals surface area contributed by atoms with Gasteiger partial charge in [-0.1, -0.05) is 23.3 Å². The molecule has 0 spiro atoms. The Morgan fingerprint density at radius 3 is 2.29 bits per heavy atom. The zero-order valence-electron chi connectivity index (χ0n) is 8.18. The molecule has 0 saturated heterocycles. The Kier molecular flexibility index (Phi) is 3.46. The van der Waals surface area contributed by atoms with Crippen LogP contribution in [0, 0.1) is 0 Å². The first-order chi connectivity index (χ1) is 6.27. The molecule has 4 nitrogen and oxygen atoms in total. The van der Waals surface area contributed by atoms with E-state index in [0.717, 1.165) is 11.4 Å². The number of halogens is 1. The maximum Gasteiger partial charge on any atom is 0.271 e. The molecule has 0 atom stereocenters. The molecule has 76 valence electrons. The van der Waals surface area contributed by atoms with E-state index < -0.39 is 0 Å². The highest BCUT2D eigenvalue weighted by atomic mass is 35.5. The van der Waals surface area contributed by atoms with Gasteiger partial charge in [-0.15, -0.1) is 0 Å². The van der Waals surface area contributed by atoms with Crippen LogP contribution in [0.1, 0.15) is 5.56 Å². The Bertz CT molecular complexity index is 325. The fraction of sp³-hybridized carbons (Fsp3) is 0.222. The second kappa shape index (κ2) is 4.41. The van der Waals surface area contributed by atoms with E-state index in [9.17, 15) is 0 Å². The highest BCUT2D eigenvalue weighted by molar-refractivity contribution is 5.91. The lowest BCUT2D eigenvalue weighted by atomic mass is 10.2. The summed E-state index contributed by atoms with van der Waals surface area (Å²) < 4.78 is 0. The van der Waals surface area contributed by atoms with E-state index in [-0.39, 0.29) is 12.4 Å². The topological polar surface area (TPSA) is 35.5 Å². The van der Waals surface area contributed by atoms with Gasteiger partial charge < -0.3 is 12.4 Å². The van der Waals surface area contributed by atoms with Crippen molar-refractivity contribution in [1.29, 1.82) is 0 Å². The number of benzene rings is 1. The van der Waals surface area contributed by atoms with Gasteiger partial charge in [-0.3, -0.25) is 0 Å². The molecule has 0 saturated carbocycles. The van der Waals surface area contributed by atoms with Crippen molar-refractivity contribution in [3.05, 3.63) is 35.9 Å². The van der Waals surface area contributed by atoms with E-state index in [1.165, 1.54) is 0 Å². The summed E-state index contributed by atoms with van der Waals surface area (Å²) >= 11 is 0. The number of quaternary nitrogens is 1. The minimum Gasteiger partial charge on any atom is -1.00 e. The lowest BCUT2D eigenvalue weighted by Gasteiger charge is -2.10. The van der Waals surface area contributed by atoms with Crippen LogP contribution in [-0.2, 0) is 0 Å². The first kappa shape index (κ1) is 11.0. The third kappa shape index (κ3) is 2.04. The molecule has 0 unspecified atom stereocenters. The van der Waals surface area contributed by atoms with E-state index in [1.807, 2.05) is 48.0 Å². The summed E-state index contributed by atoms with van der Waals surface area (Å²) in [5.41, 5.74) is 3.16. The number of nitrogens with zero attached hydrogens (tertiary/aromatic N) is 3. The number of rotatable bonds is 1. The van der Waals surface area contributed by atoms with Crippen molar-refractivity contribution < 1.29 is 17.8 Å². The van der Waals surface area contributed by atoms with Gasteiger partial charge in [0.2, 0.25) is 0 Å². The third-order valence-electron chi connectivity index (χ3n) is 2.09. The van der Waals surface area contributed by atoms with Crippen LogP contribution in [0.15, 0.2) is 35.4 Å². The average Bonchev–Trinajstić information content (AvgIpc) is 2.49. The van der Waals surface area contributed by atoms with Crippen molar-refractivity contribution in [2.24, 2.45) is 5.10 Å². The van der Waals surface area contributed by atoms with E-state index in [4.69, 9.17) is 0 Å². The molecule has 1 aliphatic rings. The number of amidine groups is 1. The van der Waals surface area contributed by atoms with Gasteiger partial charge in [0.25, 0.3) is 5.84 Å². The molecule has 2 N–H and O–H groups in total. The monoisotopic (exact) mass is 212 g/mol. The number of hydrazine groups is 1. The van der Waals surface area contributed by atoms with Gasteiger partial charge in [-0.05, 0) is 17.3 Å². The number of nitrogens with two attached hydrogens (primary N) is 1. The highest BCUT2D eigenvalue weighted by Crippen LogP contribution is 2.01. The molecule has 0 fully saturated rings. The molecule has 5 heteroatoms. The number of hydrazone groups is 1. The first-order valence-corrected chi connectivity index (χ1v) is 4.23. The summed E-state index contributed by atoms with van der Waals surface area (Å²) in [5, 5.41) is 8.11. The second-order valence-electron chi connectivity index (χ2n) is 3.04. The van der Waals surface area contributed by atoms with Crippen molar-refractivity contribution in [3.8, 4) is 0 Å². The van der Waals surface area contributed by atoms with Crippen LogP contribution in [0.25, 0.3) is 0 Å². The van der Waals surface area contributed by atoms with Crippen LogP contribution in [-0.4, -0.2) is 30.2 Å². The van der Waals surface area contributed by atoms with Gasteiger partial charge in [-0.25, -0.2) is 0 Å². The van der Waals surface area contributed by atoms with Crippen LogP contribution in [0.5, 0.6) is 0 Å². The molecule has 0 aliphatic carbocycles. The Morgan fingerprint density at radius 1 is 1.14 bits per heavy atom. The van der Waals surface area contributed by atoms with Crippen molar-refractivity contribution >= 4 is 5.84 Å². The molecule has 1 aromatic carbocycles. The highest BCUT2D eigenvalue weighted by Gasteiger charge is 2.22.